The van der Waals surface area contributed by atoms with E-state index in [1.165, 1.54) is 11.6 Å². The number of nitrogens with one attached hydrogen (secondary N) is 2. The van der Waals surface area contributed by atoms with Crippen molar-refractivity contribution in [2.45, 2.75) is 25.3 Å². The lowest BCUT2D eigenvalue weighted by atomic mass is 9.88. The fourth-order valence-electron chi connectivity index (χ4n) is 3.12. The molecule has 0 radical (unpaired) electrons. The molecule has 0 amide bonds. The number of anilines is 1. The molecule has 1 heterocycles. The van der Waals surface area contributed by atoms with Crippen LogP contribution in [0.25, 0.3) is 11.0 Å². The van der Waals surface area contributed by atoms with Crippen molar-refractivity contribution >= 4 is 17.0 Å². The van der Waals surface area contributed by atoms with E-state index in [9.17, 15) is 4.39 Å². The van der Waals surface area contributed by atoms with Gasteiger partial charge in [0.2, 0.25) is 5.95 Å². The third-order valence-electron chi connectivity index (χ3n) is 4.12. The van der Waals surface area contributed by atoms with Gasteiger partial charge in [0, 0.05) is 0 Å². The van der Waals surface area contributed by atoms with Crippen LogP contribution in [0.1, 0.15) is 30.0 Å². The smallest absolute Gasteiger partial charge is 0.201 e. The Morgan fingerprint density at radius 1 is 1.19 bits per heavy atom. The lowest BCUT2D eigenvalue weighted by molar-refractivity contribution is 0.580. The summed E-state index contributed by atoms with van der Waals surface area (Å²) in [5, 5.41) is 3.46. The van der Waals surface area contributed by atoms with Gasteiger partial charge in [-0.25, -0.2) is 9.37 Å². The highest BCUT2D eigenvalue weighted by atomic mass is 19.1. The minimum absolute atomic E-state index is 0.155. The summed E-state index contributed by atoms with van der Waals surface area (Å²) < 4.78 is 13.3. The second-order valence-electron chi connectivity index (χ2n) is 5.53. The third-order valence-corrected chi connectivity index (χ3v) is 4.12. The standard InChI is InChI=1S/C17H16FN3/c18-12-8-9-13-11(10-12)4-3-7-14(13)19-17-20-15-5-1-2-6-16(15)21-17/h1-2,5-6,8-10,14H,3-4,7H2,(H2,19,20,21). The van der Waals surface area contributed by atoms with Crippen molar-refractivity contribution < 1.29 is 4.39 Å². The van der Waals surface area contributed by atoms with Crippen LogP contribution in [0.4, 0.5) is 10.3 Å². The summed E-state index contributed by atoms with van der Waals surface area (Å²) in [5.74, 6) is 0.622. The van der Waals surface area contributed by atoms with Crippen molar-refractivity contribution in [3.63, 3.8) is 0 Å². The van der Waals surface area contributed by atoms with Gasteiger partial charge in [0.25, 0.3) is 0 Å². The van der Waals surface area contributed by atoms with Crippen molar-refractivity contribution in [3.05, 3.63) is 59.4 Å². The quantitative estimate of drug-likeness (QED) is 0.739. The Kier molecular flexibility index (Phi) is 2.88. The molecule has 21 heavy (non-hydrogen) atoms. The number of rotatable bonds is 2. The van der Waals surface area contributed by atoms with E-state index < -0.39 is 0 Å². The molecule has 0 aliphatic heterocycles. The molecule has 0 fully saturated rings. The molecular weight excluding hydrogens is 265 g/mol. The van der Waals surface area contributed by atoms with Crippen molar-refractivity contribution in [1.29, 1.82) is 0 Å². The molecule has 1 aliphatic carbocycles. The molecule has 2 aromatic carbocycles. The van der Waals surface area contributed by atoms with Gasteiger partial charge in [-0.1, -0.05) is 18.2 Å². The number of halogens is 1. The molecule has 4 heteroatoms. The Labute approximate surface area is 122 Å². The van der Waals surface area contributed by atoms with Crippen molar-refractivity contribution in [2.24, 2.45) is 0 Å². The van der Waals surface area contributed by atoms with Crippen LogP contribution in [0.2, 0.25) is 0 Å². The highest BCUT2D eigenvalue weighted by Crippen LogP contribution is 2.32. The predicted molar refractivity (Wildman–Crippen MR) is 81.8 cm³/mol. The average Bonchev–Trinajstić information content (AvgIpc) is 2.89. The lowest BCUT2D eigenvalue weighted by Crippen LogP contribution is -2.18. The number of benzene rings is 2. The van der Waals surface area contributed by atoms with Gasteiger partial charge in [0.05, 0.1) is 17.1 Å². The van der Waals surface area contributed by atoms with Crippen LogP contribution < -0.4 is 5.32 Å². The van der Waals surface area contributed by atoms with E-state index in [4.69, 9.17) is 0 Å². The van der Waals surface area contributed by atoms with E-state index >= 15 is 0 Å². The van der Waals surface area contributed by atoms with Crippen LogP contribution in [0.3, 0.4) is 0 Å². The molecule has 3 nitrogen and oxygen atoms in total. The Bertz CT molecular complexity index is 761. The molecule has 1 aromatic heterocycles. The summed E-state index contributed by atoms with van der Waals surface area (Å²) in [6.07, 6.45) is 3.05. The van der Waals surface area contributed by atoms with E-state index in [2.05, 4.69) is 15.3 Å². The van der Waals surface area contributed by atoms with Crippen molar-refractivity contribution in [3.8, 4) is 0 Å². The molecule has 2 N–H and O–H groups in total. The predicted octanol–water partition coefficient (Wildman–Crippen LogP) is 4.19. The van der Waals surface area contributed by atoms with E-state index in [1.54, 1.807) is 6.07 Å². The zero-order chi connectivity index (χ0) is 14.2. The first-order valence-corrected chi connectivity index (χ1v) is 7.29. The minimum Gasteiger partial charge on any atom is -0.349 e. The first-order valence-electron chi connectivity index (χ1n) is 7.29. The van der Waals surface area contributed by atoms with Gasteiger partial charge in [0.15, 0.2) is 0 Å². The Morgan fingerprint density at radius 2 is 2.10 bits per heavy atom. The minimum atomic E-state index is -0.155. The van der Waals surface area contributed by atoms with E-state index in [0.29, 0.717) is 0 Å². The molecule has 106 valence electrons. The Morgan fingerprint density at radius 3 is 3.00 bits per heavy atom. The average molecular weight is 281 g/mol. The summed E-state index contributed by atoms with van der Waals surface area (Å²) >= 11 is 0. The number of para-hydroxylation sites is 2. The van der Waals surface area contributed by atoms with Crippen molar-refractivity contribution in [2.75, 3.05) is 5.32 Å². The largest absolute Gasteiger partial charge is 0.349 e. The molecule has 0 bridgehead atoms. The maximum atomic E-state index is 13.3. The number of nitrogens with zero attached hydrogens (tertiary/aromatic N) is 1. The van der Waals surface area contributed by atoms with Gasteiger partial charge in [-0.15, -0.1) is 0 Å². The van der Waals surface area contributed by atoms with Gasteiger partial charge in [-0.2, -0.15) is 0 Å². The Balaban J connectivity index is 1.66. The topological polar surface area (TPSA) is 40.7 Å². The molecular formula is C17H16FN3. The SMILES string of the molecule is Fc1ccc2c(c1)CCCC2Nc1nc2ccccc2[nH]1. The van der Waals surface area contributed by atoms with E-state index in [0.717, 1.165) is 41.8 Å². The first-order chi connectivity index (χ1) is 10.3. The van der Waals surface area contributed by atoms with Gasteiger partial charge < -0.3 is 10.3 Å². The monoisotopic (exact) mass is 281 g/mol. The number of aryl methyl sites for hydroxylation is 1. The summed E-state index contributed by atoms with van der Waals surface area (Å²) in [6, 6.07) is 13.2. The summed E-state index contributed by atoms with van der Waals surface area (Å²) in [7, 11) is 0. The molecule has 1 atom stereocenters. The molecule has 0 saturated heterocycles. The second kappa shape index (κ2) is 4.88. The van der Waals surface area contributed by atoms with E-state index in [-0.39, 0.29) is 11.9 Å². The molecule has 0 spiro atoms. The van der Waals surface area contributed by atoms with Gasteiger partial charge >= 0.3 is 0 Å². The molecule has 1 unspecified atom stereocenters. The lowest BCUT2D eigenvalue weighted by Gasteiger charge is -2.26. The number of H-pyrrole nitrogens is 1. The first kappa shape index (κ1) is 12.4. The van der Waals surface area contributed by atoms with E-state index in [1.807, 2.05) is 30.3 Å². The normalized spacial score (nSPS) is 17.7. The zero-order valence-corrected chi connectivity index (χ0v) is 11.6. The number of imidazole rings is 1. The fourth-order valence-corrected chi connectivity index (χ4v) is 3.12. The number of fused-ring (bicyclic) bond motifs is 2. The van der Waals surface area contributed by atoms with Crippen molar-refractivity contribution in [1.82, 2.24) is 9.97 Å². The summed E-state index contributed by atoms with van der Waals surface area (Å²) in [5.41, 5.74) is 4.27. The van der Waals surface area contributed by atoms with Crippen LogP contribution in [0.15, 0.2) is 42.5 Å². The highest BCUT2D eigenvalue weighted by Gasteiger charge is 2.21. The summed E-state index contributed by atoms with van der Waals surface area (Å²) in [4.78, 5) is 7.85. The molecule has 3 aromatic rings. The molecule has 1 aliphatic rings. The number of hydrogen-bond donors (Lipinski definition) is 2. The van der Waals surface area contributed by atoms with Gasteiger partial charge in [-0.05, 0) is 54.7 Å². The Hall–Kier alpha value is -2.36. The van der Waals surface area contributed by atoms with Gasteiger partial charge in [-0.3, -0.25) is 0 Å². The highest BCUT2D eigenvalue weighted by molar-refractivity contribution is 5.77. The zero-order valence-electron chi connectivity index (χ0n) is 11.6. The van der Waals surface area contributed by atoms with Crippen LogP contribution in [-0.4, -0.2) is 9.97 Å². The van der Waals surface area contributed by atoms with Gasteiger partial charge in [0.1, 0.15) is 5.82 Å². The molecule has 4 rings (SSSR count). The number of aromatic nitrogens is 2. The fraction of sp³-hybridized carbons (Fsp3) is 0.235. The summed E-state index contributed by atoms with van der Waals surface area (Å²) in [6.45, 7) is 0. The maximum absolute atomic E-state index is 13.3. The number of hydrogen-bond acceptors (Lipinski definition) is 2. The molecule has 0 saturated carbocycles. The van der Waals surface area contributed by atoms with Crippen LogP contribution in [0.5, 0.6) is 0 Å². The maximum Gasteiger partial charge on any atom is 0.201 e. The van der Waals surface area contributed by atoms with Crippen LogP contribution in [-0.2, 0) is 6.42 Å². The third kappa shape index (κ3) is 2.27. The second-order valence-corrected chi connectivity index (χ2v) is 5.53. The van der Waals surface area contributed by atoms with Crippen LogP contribution >= 0.6 is 0 Å². The van der Waals surface area contributed by atoms with Crippen LogP contribution in [0, 0.1) is 5.82 Å². The number of aromatic amines is 1.